The molecule has 0 radical (unpaired) electrons. The van der Waals surface area contributed by atoms with Crippen molar-refractivity contribution in [1.82, 2.24) is 9.78 Å². The van der Waals surface area contributed by atoms with Crippen molar-refractivity contribution in [2.24, 2.45) is 7.05 Å². The number of aromatic nitrogens is 2. The van der Waals surface area contributed by atoms with E-state index in [1.165, 1.54) is 17.1 Å². The van der Waals surface area contributed by atoms with Crippen LogP contribution in [0.25, 0.3) is 0 Å². The molecule has 19 heavy (non-hydrogen) atoms. The van der Waals surface area contributed by atoms with E-state index in [9.17, 15) is 18.4 Å². The van der Waals surface area contributed by atoms with E-state index in [0.717, 1.165) is 18.2 Å². The molecular formula is C13H10F2N2O2. The lowest BCUT2D eigenvalue weighted by Gasteiger charge is -2.01. The van der Waals surface area contributed by atoms with Crippen molar-refractivity contribution >= 4 is 11.6 Å². The topological polar surface area (TPSA) is 52.0 Å². The van der Waals surface area contributed by atoms with Gasteiger partial charge >= 0.3 is 0 Å². The normalized spacial score (nSPS) is 10.5. The average Bonchev–Trinajstić information content (AvgIpc) is 2.79. The Kier molecular flexibility index (Phi) is 3.50. The van der Waals surface area contributed by atoms with Crippen LogP contribution in [0.1, 0.15) is 27.1 Å². The summed E-state index contributed by atoms with van der Waals surface area (Å²) >= 11 is 0. The van der Waals surface area contributed by atoms with Gasteiger partial charge in [-0.05, 0) is 18.2 Å². The number of aryl methyl sites for hydroxylation is 1. The van der Waals surface area contributed by atoms with Gasteiger partial charge in [-0.15, -0.1) is 0 Å². The summed E-state index contributed by atoms with van der Waals surface area (Å²) in [7, 11) is 1.63. The van der Waals surface area contributed by atoms with E-state index in [4.69, 9.17) is 0 Å². The summed E-state index contributed by atoms with van der Waals surface area (Å²) in [6, 6.07) is 2.56. The summed E-state index contributed by atoms with van der Waals surface area (Å²) in [6.07, 6.45) is 2.25. The van der Waals surface area contributed by atoms with E-state index in [0.29, 0.717) is 0 Å². The lowest BCUT2D eigenvalue weighted by molar-refractivity contribution is 0.0892. The Morgan fingerprint density at radius 3 is 2.63 bits per heavy atom. The second-order valence-electron chi connectivity index (χ2n) is 4.05. The molecule has 0 amide bonds. The molecule has 1 heterocycles. The molecule has 0 saturated carbocycles. The summed E-state index contributed by atoms with van der Waals surface area (Å²) in [6.45, 7) is 0. The number of hydrogen-bond acceptors (Lipinski definition) is 3. The molecule has 0 aliphatic heterocycles. The van der Waals surface area contributed by atoms with Gasteiger partial charge in [-0.3, -0.25) is 14.3 Å². The van der Waals surface area contributed by atoms with Gasteiger partial charge in [0.25, 0.3) is 0 Å². The number of Topliss-reactive ketones (excluding diaryl/α,β-unsaturated/α-hetero) is 2. The summed E-state index contributed by atoms with van der Waals surface area (Å²) in [5, 5.41) is 3.80. The monoisotopic (exact) mass is 264 g/mol. The van der Waals surface area contributed by atoms with Gasteiger partial charge in [-0.25, -0.2) is 8.78 Å². The average molecular weight is 264 g/mol. The predicted molar refractivity (Wildman–Crippen MR) is 62.8 cm³/mol. The van der Waals surface area contributed by atoms with Gasteiger partial charge in [0.2, 0.25) is 0 Å². The van der Waals surface area contributed by atoms with Gasteiger partial charge in [0.1, 0.15) is 11.6 Å². The Morgan fingerprint density at radius 2 is 2.00 bits per heavy atom. The Labute approximate surface area is 107 Å². The SMILES string of the molecule is Cn1cc(C(=O)CC(=O)c2cc(F)ccc2F)cn1. The molecule has 6 heteroatoms. The fourth-order valence-electron chi connectivity index (χ4n) is 1.62. The Bertz CT molecular complexity index is 650. The molecule has 0 unspecified atom stereocenters. The fourth-order valence-corrected chi connectivity index (χ4v) is 1.62. The van der Waals surface area contributed by atoms with Gasteiger partial charge in [-0.2, -0.15) is 5.10 Å². The maximum Gasteiger partial charge on any atom is 0.173 e. The van der Waals surface area contributed by atoms with Gasteiger partial charge in [-0.1, -0.05) is 0 Å². The molecule has 0 saturated heterocycles. The first-order chi connectivity index (χ1) is 8.97. The number of carbonyl (C=O) groups is 2. The molecule has 0 N–H and O–H groups in total. The lowest BCUT2D eigenvalue weighted by atomic mass is 10.0. The Balaban J connectivity index is 2.17. The number of halogens is 2. The van der Waals surface area contributed by atoms with Crippen molar-refractivity contribution < 1.29 is 18.4 Å². The second-order valence-corrected chi connectivity index (χ2v) is 4.05. The highest BCUT2D eigenvalue weighted by Crippen LogP contribution is 2.13. The summed E-state index contributed by atoms with van der Waals surface area (Å²) in [5.41, 5.74) is -0.162. The third kappa shape index (κ3) is 2.90. The summed E-state index contributed by atoms with van der Waals surface area (Å²) < 4.78 is 27.7. The standard InChI is InChI=1S/C13H10F2N2O2/c1-17-7-8(6-16-17)12(18)5-13(19)10-4-9(14)2-3-11(10)15/h2-4,6-7H,5H2,1H3. The number of nitrogens with zero attached hydrogens (tertiary/aromatic N) is 2. The van der Waals surface area contributed by atoms with Crippen LogP contribution in [0, 0.1) is 11.6 Å². The fraction of sp³-hybridized carbons (Fsp3) is 0.154. The minimum absolute atomic E-state index is 0.257. The van der Waals surface area contributed by atoms with Gasteiger partial charge in [0.15, 0.2) is 11.6 Å². The first-order valence-corrected chi connectivity index (χ1v) is 5.47. The van der Waals surface area contributed by atoms with E-state index >= 15 is 0 Å². The zero-order valence-electron chi connectivity index (χ0n) is 10.1. The maximum absolute atomic E-state index is 13.4. The Morgan fingerprint density at radius 1 is 1.26 bits per heavy atom. The van der Waals surface area contributed by atoms with Gasteiger partial charge in [0.05, 0.1) is 23.7 Å². The predicted octanol–water partition coefficient (Wildman–Crippen LogP) is 2.15. The minimum Gasteiger partial charge on any atom is -0.294 e. The molecule has 1 aromatic carbocycles. The van der Waals surface area contributed by atoms with Crippen LogP contribution in [-0.4, -0.2) is 21.3 Å². The largest absolute Gasteiger partial charge is 0.294 e. The molecule has 2 aromatic rings. The van der Waals surface area contributed by atoms with E-state index in [-0.39, 0.29) is 5.56 Å². The third-order valence-corrected chi connectivity index (χ3v) is 2.58. The van der Waals surface area contributed by atoms with Crippen molar-refractivity contribution in [2.45, 2.75) is 6.42 Å². The molecule has 1 aromatic heterocycles. The van der Waals surface area contributed by atoms with E-state index in [1.807, 2.05) is 0 Å². The first kappa shape index (κ1) is 13.1. The van der Waals surface area contributed by atoms with E-state index in [1.54, 1.807) is 7.05 Å². The molecule has 0 spiro atoms. The van der Waals surface area contributed by atoms with Crippen molar-refractivity contribution in [3.05, 3.63) is 53.4 Å². The van der Waals surface area contributed by atoms with Crippen molar-refractivity contribution in [3.8, 4) is 0 Å². The highest BCUT2D eigenvalue weighted by molar-refractivity contribution is 6.13. The van der Waals surface area contributed by atoms with Crippen LogP contribution in [0.4, 0.5) is 8.78 Å². The smallest absolute Gasteiger partial charge is 0.173 e. The van der Waals surface area contributed by atoms with E-state index in [2.05, 4.69) is 5.10 Å². The highest BCUT2D eigenvalue weighted by Gasteiger charge is 2.18. The Hall–Kier alpha value is -2.37. The molecule has 0 aliphatic carbocycles. The minimum atomic E-state index is -0.842. The summed E-state index contributed by atoms with van der Waals surface area (Å²) in [5.74, 6) is -2.81. The highest BCUT2D eigenvalue weighted by atomic mass is 19.1. The van der Waals surface area contributed by atoms with Crippen LogP contribution < -0.4 is 0 Å². The van der Waals surface area contributed by atoms with Crippen molar-refractivity contribution in [1.29, 1.82) is 0 Å². The third-order valence-electron chi connectivity index (χ3n) is 2.58. The van der Waals surface area contributed by atoms with Crippen LogP contribution in [-0.2, 0) is 7.05 Å². The van der Waals surface area contributed by atoms with Crippen LogP contribution in [0.5, 0.6) is 0 Å². The molecule has 0 atom stereocenters. The van der Waals surface area contributed by atoms with Crippen LogP contribution in [0.15, 0.2) is 30.6 Å². The number of carbonyl (C=O) groups excluding carboxylic acids is 2. The van der Waals surface area contributed by atoms with Crippen molar-refractivity contribution in [2.75, 3.05) is 0 Å². The molecule has 2 rings (SSSR count). The van der Waals surface area contributed by atoms with Crippen LogP contribution >= 0.6 is 0 Å². The molecule has 4 nitrogen and oxygen atoms in total. The number of rotatable bonds is 4. The number of hydrogen-bond donors (Lipinski definition) is 0. The summed E-state index contributed by atoms with van der Waals surface area (Å²) in [4.78, 5) is 23.5. The molecule has 0 aliphatic rings. The van der Waals surface area contributed by atoms with Crippen LogP contribution in [0.2, 0.25) is 0 Å². The van der Waals surface area contributed by atoms with Crippen molar-refractivity contribution in [3.63, 3.8) is 0 Å². The lowest BCUT2D eigenvalue weighted by Crippen LogP contribution is -2.10. The zero-order valence-corrected chi connectivity index (χ0v) is 10.1. The zero-order chi connectivity index (χ0) is 14.0. The van der Waals surface area contributed by atoms with E-state index < -0.39 is 35.2 Å². The molecule has 98 valence electrons. The maximum atomic E-state index is 13.4. The number of ketones is 2. The van der Waals surface area contributed by atoms with Gasteiger partial charge in [0, 0.05) is 13.2 Å². The first-order valence-electron chi connectivity index (χ1n) is 5.47. The molecule has 0 bridgehead atoms. The van der Waals surface area contributed by atoms with Crippen LogP contribution in [0.3, 0.4) is 0 Å². The molecular weight excluding hydrogens is 254 g/mol. The quantitative estimate of drug-likeness (QED) is 0.628. The van der Waals surface area contributed by atoms with Gasteiger partial charge < -0.3 is 0 Å². The number of benzene rings is 1. The second kappa shape index (κ2) is 5.09. The molecule has 0 fully saturated rings.